The summed E-state index contributed by atoms with van der Waals surface area (Å²) in [6, 6.07) is 5.18. The van der Waals surface area contributed by atoms with Gasteiger partial charge in [0.2, 0.25) is 5.67 Å². The molecule has 0 saturated carbocycles. The van der Waals surface area contributed by atoms with Gasteiger partial charge in [0.1, 0.15) is 0 Å². The first-order valence-corrected chi connectivity index (χ1v) is 5.11. The summed E-state index contributed by atoms with van der Waals surface area (Å²) in [5, 5.41) is 0. The molecule has 0 radical (unpaired) electrons. The third-order valence-electron chi connectivity index (χ3n) is 2.62. The van der Waals surface area contributed by atoms with Gasteiger partial charge in [-0.05, 0) is 30.5 Å². The molecule has 2 N–H and O–H groups in total. The van der Waals surface area contributed by atoms with Gasteiger partial charge in [-0.15, -0.1) is 0 Å². The lowest BCUT2D eigenvalue weighted by Gasteiger charge is -2.16. The minimum Gasteiger partial charge on any atom is -0.367 e. The third-order valence-corrected chi connectivity index (χ3v) is 3.12. The number of halogens is 2. The van der Waals surface area contributed by atoms with Gasteiger partial charge in [-0.3, -0.25) is 4.79 Å². The SMILES string of the molecule is NC(=O)C1(F)CCc2cc(Br)ccc21. The summed E-state index contributed by atoms with van der Waals surface area (Å²) < 4.78 is 15.0. The van der Waals surface area contributed by atoms with Gasteiger partial charge in [-0.25, -0.2) is 4.39 Å². The van der Waals surface area contributed by atoms with E-state index in [-0.39, 0.29) is 6.42 Å². The van der Waals surface area contributed by atoms with Gasteiger partial charge in [0.05, 0.1) is 0 Å². The maximum absolute atomic E-state index is 14.1. The number of rotatable bonds is 1. The fourth-order valence-electron chi connectivity index (χ4n) is 1.85. The van der Waals surface area contributed by atoms with Crippen LogP contribution < -0.4 is 5.73 Å². The molecule has 74 valence electrons. The number of hydrogen-bond donors (Lipinski definition) is 1. The smallest absolute Gasteiger partial charge is 0.259 e. The molecule has 0 heterocycles. The molecule has 2 rings (SSSR count). The second-order valence-corrected chi connectivity index (χ2v) is 4.38. The number of primary amides is 1. The lowest BCUT2D eigenvalue weighted by atomic mass is 9.97. The van der Waals surface area contributed by atoms with E-state index >= 15 is 0 Å². The van der Waals surface area contributed by atoms with Crippen LogP contribution >= 0.6 is 15.9 Å². The molecule has 4 heteroatoms. The molecule has 0 fully saturated rings. The summed E-state index contributed by atoms with van der Waals surface area (Å²) in [5.41, 5.74) is 4.38. The first kappa shape index (κ1) is 9.65. The van der Waals surface area contributed by atoms with Crippen LogP contribution in [0.3, 0.4) is 0 Å². The average molecular weight is 258 g/mol. The van der Waals surface area contributed by atoms with Crippen molar-refractivity contribution < 1.29 is 9.18 Å². The Morgan fingerprint density at radius 3 is 2.93 bits per heavy atom. The predicted molar refractivity (Wildman–Crippen MR) is 54.4 cm³/mol. The van der Waals surface area contributed by atoms with Crippen LogP contribution in [0.2, 0.25) is 0 Å². The first-order chi connectivity index (χ1) is 6.54. The summed E-state index contributed by atoms with van der Waals surface area (Å²) in [6.45, 7) is 0. The molecule has 0 aromatic heterocycles. The number of carbonyl (C=O) groups is 1. The molecule has 1 aliphatic rings. The molecule has 14 heavy (non-hydrogen) atoms. The Morgan fingerprint density at radius 2 is 2.29 bits per heavy atom. The van der Waals surface area contributed by atoms with E-state index in [0.717, 1.165) is 10.0 Å². The molecular weight excluding hydrogens is 249 g/mol. The Balaban J connectivity index is 2.55. The molecular formula is C10H9BrFNO. The van der Waals surface area contributed by atoms with Crippen LogP contribution in [0.15, 0.2) is 22.7 Å². The molecule has 0 saturated heterocycles. The number of nitrogens with two attached hydrogens (primary N) is 1. The fourth-order valence-corrected chi connectivity index (χ4v) is 2.26. The summed E-state index contributed by atoms with van der Waals surface area (Å²) in [6.07, 6.45) is 0.725. The molecule has 1 unspecified atom stereocenters. The van der Waals surface area contributed by atoms with Crippen LogP contribution in [-0.2, 0) is 16.9 Å². The normalized spacial score (nSPS) is 24.7. The quantitative estimate of drug-likeness (QED) is 0.823. The van der Waals surface area contributed by atoms with Crippen molar-refractivity contribution in [1.29, 1.82) is 0 Å². The van der Waals surface area contributed by atoms with E-state index in [0.29, 0.717) is 12.0 Å². The van der Waals surface area contributed by atoms with Crippen molar-refractivity contribution in [3.05, 3.63) is 33.8 Å². The van der Waals surface area contributed by atoms with E-state index < -0.39 is 11.6 Å². The maximum Gasteiger partial charge on any atom is 0.259 e. The molecule has 0 aliphatic heterocycles. The number of alkyl halides is 1. The standard InChI is InChI=1S/C10H9BrFNO/c11-7-1-2-8-6(5-7)3-4-10(8,12)9(13)14/h1-2,5H,3-4H2,(H2,13,14). The Hall–Kier alpha value is -0.900. The highest BCUT2D eigenvalue weighted by atomic mass is 79.9. The zero-order chi connectivity index (χ0) is 10.3. The van der Waals surface area contributed by atoms with Crippen LogP contribution in [0.1, 0.15) is 17.5 Å². The van der Waals surface area contributed by atoms with Crippen LogP contribution in [0.25, 0.3) is 0 Å². The molecule has 0 spiro atoms. The van der Waals surface area contributed by atoms with Crippen LogP contribution in [-0.4, -0.2) is 5.91 Å². The zero-order valence-electron chi connectivity index (χ0n) is 7.39. The summed E-state index contributed by atoms with van der Waals surface area (Å²) in [7, 11) is 0. The predicted octanol–water partition coefficient (Wildman–Crippen LogP) is 2.05. The van der Waals surface area contributed by atoms with Gasteiger partial charge in [0.15, 0.2) is 0 Å². The van der Waals surface area contributed by atoms with E-state index in [1.54, 1.807) is 12.1 Å². The molecule has 0 bridgehead atoms. The highest BCUT2D eigenvalue weighted by Gasteiger charge is 2.44. The van der Waals surface area contributed by atoms with E-state index in [1.165, 1.54) is 0 Å². The third kappa shape index (κ3) is 1.25. The summed E-state index contributed by atoms with van der Waals surface area (Å²) >= 11 is 3.30. The molecule has 1 aromatic carbocycles. The summed E-state index contributed by atoms with van der Waals surface area (Å²) in [5.74, 6) is -0.890. The zero-order valence-corrected chi connectivity index (χ0v) is 8.97. The van der Waals surface area contributed by atoms with Crippen LogP contribution in [0.4, 0.5) is 4.39 Å². The number of carbonyl (C=O) groups excluding carboxylic acids is 1. The van der Waals surface area contributed by atoms with Gasteiger partial charge in [0, 0.05) is 10.0 Å². The Kier molecular flexibility index (Phi) is 2.10. The first-order valence-electron chi connectivity index (χ1n) is 4.32. The molecule has 1 atom stereocenters. The van der Waals surface area contributed by atoms with E-state index in [2.05, 4.69) is 15.9 Å². The van der Waals surface area contributed by atoms with Crippen molar-refractivity contribution in [2.75, 3.05) is 0 Å². The number of benzene rings is 1. The highest BCUT2D eigenvalue weighted by Crippen LogP contribution is 2.40. The molecule has 1 amide bonds. The average Bonchev–Trinajstić information content (AvgIpc) is 2.45. The van der Waals surface area contributed by atoms with Gasteiger partial charge < -0.3 is 5.73 Å². The van der Waals surface area contributed by atoms with E-state index in [9.17, 15) is 9.18 Å². The van der Waals surface area contributed by atoms with Crippen LogP contribution in [0.5, 0.6) is 0 Å². The fraction of sp³-hybridized carbons (Fsp3) is 0.300. The van der Waals surface area contributed by atoms with Crippen molar-refractivity contribution in [2.24, 2.45) is 5.73 Å². The Bertz CT molecular complexity index is 407. The van der Waals surface area contributed by atoms with Gasteiger partial charge >= 0.3 is 0 Å². The molecule has 1 aliphatic carbocycles. The van der Waals surface area contributed by atoms with Crippen molar-refractivity contribution in [1.82, 2.24) is 0 Å². The Morgan fingerprint density at radius 1 is 1.57 bits per heavy atom. The highest BCUT2D eigenvalue weighted by molar-refractivity contribution is 9.10. The van der Waals surface area contributed by atoms with Crippen molar-refractivity contribution >= 4 is 21.8 Å². The van der Waals surface area contributed by atoms with Gasteiger partial charge in [-0.2, -0.15) is 0 Å². The second kappa shape index (κ2) is 3.05. The molecule has 1 aromatic rings. The number of aryl methyl sites for hydroxylation is 1. The van der Waals surface area contributed by atoms with Crippen molar-refractivity contribution in [2.45, 2.75) is 18.5 Å². The maximum atomic E-state index is 14.1. The van der Waals surface area contributed by atoms with Crippen molar-refractivity contribution in [3.8, 4) is 0 Å². The van der Waals surface area contributed by atoms with Gasteiger partial charge in [-0.1, -0.05) is 22.0 Å². The Labute approximate surface area is 89.4 Å². The van der Waals surface area contributed by atoms with Gasteiger partial charge in [0.25, 0.3) is 5.91 Å². The largest absolute Gasteiger partial charge is 0.367 e. The number of amides is 1. The topological polar surface area (TPSA) is 43.1 Å². The minimum atomic E-state index is -1.96. The van der Waals surface area contributed by atoms with Crippen LogP contribution in [0, 0.1) is 0 Å². The molecule has 2 nitrogen and oxygen atoms in total. The van der Waals surface area contributed by atoms with Crippen molar-refractivity contribution in [3.63, 3.8) is 0 Å². The second-order valence-electron chi connectivity index (χ2n) is 3.47. The number of fused-ring (bicyclic) bond motifs is 1. The minimum absolute atomic E-state index is 0.161. The number of hydrogen-bond acceptors (Lipinski definition) is 1. The lowest BCUT2D eigenvalue weighted by molar-refractivity contribution is -0.129. The van der Waals surface area contributed by atoms with E-state index in [1.807, 2.05) is 6.07 Å². The van der Waals surface area contributed by atoms with E-state index in [4.69, 9.17) is 5.73 Å². The lowest BCUT2D eigenvalue weighted by Crippen LogP contribution is -2.34. The summed E-state index contributed by atoms with van der Waals surface area (Å²) in [4.78, 5) is 11.0. The monoisotopic (exact) mass is 257 g/mol.